The first kappa shape index (κ1) is 17.3. The number of carbonyl (C=O) groups excluding carboxylic acids is 2. The molecule has 0 unspecified atom stereocenters. The topological polar surface area (TPSA) is 58.2 Å². The largest absolute Gasteiger partial charge is 0.355 e. The van der Waals surface area contributed by atoms with Gasteiger partial charge in [-0.05, 0) is 24.1 Å². The van der Waals surface area contributed by atoms with E-state index in [1.807, 2.05) is 30.3 Å². The van der Waals surface area contributed by atoms with Gasteiger partial charge in [-0.2, -0.15) is 0 Å². The van der Waals surface area contributed by atoms with E-state index in [1.165, 1.54) is 0 Å². The second-order valence-corrected chi connectivity index (χ2v) is 5.70. The van der Waals surface area contributed by atoms with Gasteiger partial charge in [-0.3, -0.25) is 9.59 Å². The summed E-state index contributed by atoms with van der Waals surface area (Å²) in [6.07, 6.45) is 0.450. The number of hydrogen-bond donors (Lipinski definition) is 2. The van der Waals surface area contributed by atoms with E-state index < -0.39 is 5.91 Å². The van der Waals surface area contributed by atoms with Gasteiger partial charge in [-0.1, -0.05) is 59.6 Å². The summed E-state index contributed by atoms with van der Waals surface area (Å²) in [6.45, 7) is 0.480. The highest BCUT2D eigenvalue weighted by Gasteiger charge is 2.12. The zero-order valence-electron chi connectivity index (χ0n) is 12.3. The van der Waals surface area contributed by atoms with Crippen LogP contribution < -0.4 is 10.6 Å². The van der Waals surface area contributed by atoms with Crippen molar-refractivity contribution in [3.05, 3.63) is 64.1 Å². The maximum absolute atomic E-state index is 11.8. The maximum Gasteiger partial charge on any atom is 0.233 e. The van der Waals surface area contributed by atoms with Crippen molar-refractivity contribution in [3.8, 4) is 0 Å². The van der Waals surface area contributed by atoms with Crippen LogP contribution in [-0.4, -0.2) is 18.4 Å². The zero-order valence-corrected chi connectivity index (χ0v) is 13.8. The molecule has 0 fully saturated rings. The van der Waals surface area contributed by atoms with E-state index in [-0.39, 0.29) is 17.4 Å². The molecule has 2 aromatic carbocycles. The molecule has 4 nitrogen and oxygen atoms in total. The Bertz CT molecular complexity index is 690. The number of amides is 2. The van der Waals surface area contributed by atoms with Crippen molar-refractivity contribution in [1.29, 1.82) is 0 Å². The van der Waals surface area contributed by atoms with Crippen molar-refractivity contribution >= 4 is 40.7 Å². The number of nitrogens with one attached hydrogen (secondary N) is 2. The Morgan fingerprint density at radius 1 is 0.913 bits per heavy atom. The Hall–Kier alpha value is -2.04. The van der Waals surface area contributed by atoms with Gasteiger partial charge in [0.05, 0.1) is 15.7 Å². The van der Waals surface area contributed by atoms with Crippen LogP contribution in [0.5, 0.6) is 0 Å². The van der Waals surface area contributed by atoms with E-state index in [0.29, 0.717) is 23.7 Å². The van der Waals surface area contributed by atoms with Gasteiger partial charge in [-0.25, -0.2) is 0 Å². The van der Waals surface area contributed by atoms with E-state index in [1.54, 1.807) is 18.2 Å². The zero-order chi connectivity index (χ0) is 16.7. The summed E-state index contributed by atoms with van der Waals surface area (Å²) >= 11 is 11.8. The fraction of sp³-hybridized carbons (Fsp3) is 0.176. The third-order valence-corrected chi connectivity index (χ3v) is 3.94. The highest BCUT2D eigenvalue weighted by molar-refractivity contribution is 6.44. The molecule has 0 heterocycles. The first-order chi connectivity index (χ1) is 11.1. The monoisotopic (exact) mass is 350 g/mol. The molecule has 6 heteroatoms. The van der Waals surface area contributed by atoms with Crippen molar-refractivity contribution in [2.45, 2.75) is 12.8 Å². The van der Waals surface area contributed by atoms with E-state index >= 15 is 0 Å². The van der Waals surface area contributed by atoms with Gasteiger partial charge >= 0.3 is 0 Å². The Labute approximate surface area is 144 Å². The Balaban J connectivity index is 1.76. The summed E-state index contributed by atoms with van der Waals surface area (Å²) < 4.78 is 0. The van der Waals surface area contributed by atoms with Gasteiger partial charge in [0.1, 0.15) is 6.42 Å². The standard InChI is InChI=1S/C17H16Cl2N2O2/c18-13-7-4-8-14(17(13)19)21-16(23)11-15(22)20-10-9-12-5-2-1-3-6-12/h1-8H,9-11H2,(H,20,22)(H,21,23). The molecule has 0 aliphatic heterocycles. The predicted molar refractivity (Wildman–Crippen MR) is 92.9 cm³/mol. The summed E-state index contributed by atoms with van der Waals surface area (Å²) in [5, 5.41) is 5.89. The summed E-state index contributed by atoms with van der Waals surface area (Å²) in [6, 6.07) is 14.7. The average Bonchev–Trinajstić information content (AvgIpc) is 2.53. The van der Waals surface area contributed by atoms with Crippen molar-refractivity contribution in [2.24, 2.45) is 0 Å². The normalized spacial score (nSPS) is 10.2. The average molecular weight is 351 g/mol. The molecule has 2 aromatic rings. The molecule has 120 valence electrons. The maximum atomic E-state index is 11.8. The molecule has 0 atom stereocenters. The smallest absolute Gasteiger partial charge is 0.233 e. The molecule has 0 spiro atoms. The van der Waals surface area contributed by atoms with Gasteiger partial charge in [-0.15, -0.1) is 0 Å². The van der Waals surface area contributed by atoms with Gasteiger partial charge in [0.15, 0.2) is 0 Å². The second kappa shape index (κ2) is 8.56. The van der Waals surface area contributed by atoms with Crippen molar-refractivity contribution < 1.29 is 9.59 Å². The van der Waals surface area contributed by atoms with Gasteiger partial charge in [0.2, 0.25) is 11.8 Å². The van der Waals surface area contributed by atoms with Crippen molar-refractivity contribution in [2.75, 3.05) is 11.9 Å². The summed E-state index contributed by atoms with van der Waals surface area (Å²) in [4.78, 5) is 23.6. The van der Waals surface area contributed by atoms with E-state index in [0.717, 1.165) is 5.56 Å². The van der Waals surface area contributed by atoms with Crippen LogP contribution in [0.1, 0.15) is 12.0 Å². The SMILES string of the molecule is O=C(CC(=O)Nc1cccc(Cl)c1Cl)NCCc1ccccc1. The van der Waals surface area contributed by atoms with Crippen LogP contribution in [-0.2, 0) is 16.0 Å². The lowest BCUT2D eigenvalue weighted by Gasteiger charge is -2.08. The number of carbonyl (C=O) groups is 2. The summed E-state index contributed by atoms with van der Waals surface area (Å²) in [5.74, 6) is -0.775. The number of halogens is 2. The molecule has 2 rings (SSSR count). The lowest BCUT2D eigenvalue weighted by atomic mass is 10.1. The van der Waals surface area contributed by atoms with E-state index in [9.17, 15) is 9.59 Å². The Kier molecular flexibility index (Phi) is 6.44. The minimum atomic E-state index is -0.439. The fourth-order valence-electron chi connectivity index (χ4n) is 1.99. The molecule has 0 saturated carbocycles. The summed E-state index contributed by atoms with van der Waals surface area (Å²) in [7, 11) is 0. The molecule has 23 heavy (non-hydrogen) atoms. The fourth-order valence-corrected chi connectivity index (χ4v) is 2.34. The molecule has 0 saturated heterocycles. The van der Waals surface area contributed by atoms with Crippen molar-refractivity contribution in [1.82, 2.24) is 5.32 Å². The van der Waals surface area contributed by atoms with Gasteiger partial charge in [0.25, 0.3) is 0 Å². The lowest BCUT2D eigenvalue weighted by Crippen LogP contribution is -2.29. The second-order valence-electron chi connectivity index (χ2n) is 4.91. The van der Waals surface area contributed by atoms with Crippen LogP contribution in [0.15, 0.2) is 48.5 Å². The molecule has 0 radical (unpaired) electrons. The van der Waals surface area contributed by atoms with Gasteiger partial charge in [0, 0.05) is 6.54 Å². The van der Waals surface area contributed by atoms with Crippen LogP contribution in [0, 0.1) is 0 Å². The van der Waals surface area contributed by atoms with E-state index in [2.05, 4.69) is 10.6 Å². The Morgan fingerprint density at radius 3 is 2.39 bits per heavy atom. The van der Waals surface area contributed by atoms with Crippen LogP contribution in [0.4, 0.5) is 5.69 Å². The molecule has 0 aliphatic carbocycles. The highest BCUT2D eigenvalue weighted by Crippen LogP contribution is 2.29. The number of anilines is 1. The summed E-state index contributed by atoms with van der Waals surface area (Å²) in [5.41, 5.74) is 1.52. The van der Waals surface area contributed by atoms with Crippen molar-refractivity contribution in [3.63, 3.8) is 0 Å². The minimum Gasteiger partial charge on any atom is -0.355 e. The molecule has 2 N–H and O–H groups in total. The lowest BCUT2D eigenvalue weighted by molar-refractivity contribution is -0.126. The molecular weight excluding hydrogens is 335 g/mol. The van der Waals surface area contributed by atoms with Crippen LogP contribution >= 0.6 is 23.2 Å². The number of benzene rings is 2. The third-order valence-electron chi connectivity index (χ3n) is 3.13. The van der Waals surface area contributed by atoms with Gasteiger partial charge < -0.3 is 10.6 Å². The molecule has 2 amide bonds. The number of rotatable bonds is 6. The predicted octanol–water partition coefficient (Wildman–Crippen LogP) is 3.68. The molecule has 0 aromatic heterocycles. The number of hydrogen-bond acceptors (Lipinski definition) is 2. The Morgan fingerprint density at radius 2 is 1.65 bits per heavy atom. The first-order valence-electron chi connectivity index (χ1n) is 7.11. The van der Waals surface area contributed by atoms with Crippen LogP contribution in [0.3, 0.4) is 0 Å². The van der Waals surface area contributed by atoms with Crippen LogP contribution in [0.25, 0.3) is 0 Å². The quantitative estimate of drug-likeness (QED) is 0.780. The molecule has 0 aliphatic rings. The van der Waals surface area contributed by atoms with E-state index in [4.69, 9.17) is 23.2 Å². The molecular formula is C17H16Cl2N2O2. The minimum absolute atomic E-state index is 0.256. The molecule has 0 bridgehead atoms. The third kappa shape index (κ3) is 5.58. The first-order valence-corrected chi connectivity index (χ1v) is 7.86. The van der Waals surface area contributed by atoms with Crippen LogP contribution in [0.2, 0.25) is 10.0 Å². The highest BCUT2D eigenvalue weighted by atomic mass is 35.5.